The van der Waals surface area contributed by atoms with E-state index in [1.807, 2.05) is 30.3 Å². The number of hydrogen-bond acceptors (Lipinski definition) is 7. The molecular formula is C16H18N4O2S2. The van der Waals surface area contributed by atoms with E-state index in [9.17, 15) is 8.42 Å². The van der Waals surface area contributed by atoms with Crippen LogP contribution in [0, 0.1) is 11.8 Å². The molecule has 8 heteroatoms. The number of sulfone groups is 1. The summed E-state index contributed by atoms with van der Waals surface area (Å²) in [5.74, 6) is 6.37. The van der Waals surface area contributed by atoms with Gasteiger partial charge in [0, 0.05) is 49.5 Å². The number of benzene rings is 1. The zero-order valence-corrected chi connectivity index (χ0v) is 15.0. The molecule has 2 heterocycles. The number of piperazine rings is 1. The molecule has 0 saturated carbocycles. The first-order valence-electron chi connectivity index (χ1n) is 7.57. The third-order valence-corrected chi connectivity index (χ3v) is 5.42. The first kappa shape index (κ1) is 16.9. The monoisotopic (exact) mass is 362 g/mol. The molecule has 0 N–H and O–H groups in total. The molecule has 1 aliphatic heterocycles. The van der Waals surface area contributed by atoms with Crippen LogP contribution in [0.25, 0.3) is 0 Å². The van der Waals surface area contributed by atoms with Crippen molar-refractivity contribution < 1.29 is 8.42 Å². The summed E-state index contributed by atoms with van der Waals surface area (Å²) in [6.07, 6.45) is 1.13. The molecule has 6 nitrogen and oxygen atoms in total. The highest BCUT2D eigenvalue weighted by Crippen LogP contribution is 2.20. The second-order valence-corrected chi connectivity index (χ2v) is 8.20. The second-order valence-electron chi connectivity index (χ2n) is 5.56. The molecule has 1 aliphatic rings. The Balaban J connectivity index is 1.53. The van der Waals surface area contributed by atoms with Crippen molar-refractivity contribution in [2.45, 2.75) is 5.16 Å². The van der Waals surface area contributed by atoms with Crippen molar-refractivity contribution in [3.05, 3.63) is 35.9 Å². The van der Waals surface area contributed by atoms with Gasteiger partial charge < -0.3 is 4.90 Å². The van der Waals surface area contributed by atoms with E-state index < -0.39 is 9.84 Å². The van der Waals surface area contributed by atoms with Gasteiger partial charge in [-0.3, -0.25) is 4.90 Å². The van der Waals surface area contributed by atoms with Crippen LogP contribution < -0.4 is 4.90 Å². The van der Waals surface area contributed by atoms with Gasteiger partial charge in [-0.1, -0.05) is 30.0 Å². The fraction of sp³-hybridized carbons (Fsp3) is 0.375. The minimum atomic E-state index is -3.34. The maximum atomic E-state index is 11.5. The average Bonchev–Trinajstić information content (AvgIpc) is 3.07. The van der Waals surface area contributed by atoms with Gasteiger partial charge in [0.15, 0.2) is 0 Å². The largest absolute Gasteiger partial charge is 0.344 e. The Morgan fingerprint density at radius 3 is 2.50 bits per heavy atom. The Morgan fingerprint density at radius 1 is 1.17 bits per heavy atom. The summed E-state index contributed by atoms with van der Waals surface area (Å²) in [5.41, 5.74) is 1.03. The molecule has 0 aliphatic carbocycles. The number of hydrogen-bond donors (Lipinski definition) is 0. The third kappa shape index (κ3) is 4.32. The molecule has 1 saturated heterocycles. The number of nitrogens with zero attached hydrogens (tertiary/aromatic N) is 4. The Hall–Kier alpha value is -1.95. The number of anilines is 1. The maximum Gasteiger partial charge on any atom is 0.260 e. The Labute approximate surface area is 146 Å². The topological polar surface area (TPSA) is 66.4 Å². The Kier molecular flexibility index (Phi) is 5.14. The molecule has 0 spiro atoms. The predicted molar refractivity (Wildman–Crippen MR) is 95.0 cm³/mol. The van der Waals surface area contributed by atoms with Crippen molar-refractivity contribution in [3.63, 3.8) is 0 Å². The van der Waals surface area contributed by atoms with Crippen molar-refractivity contribution in [3.8, 4) is 11.8 Å². The van der Waals surface area contributed by atoms with E-state index in [1.165, 1.54) is 0 Å². The summed E-state index contributed by atoms with van der Waals surface area (Å²) in [6, 6.07) is 9.94. The van der Waals surface area contributed by atoms with Crippen LogP contribution in [0.1, 0.15) is 5.56 Å². The van der Waals surface area contributed by atoms with E-state index in [4.69, 9.17) is 0 Å². The lowest BCUT2D eigenvalue weighted by Gasteiger charge is -2.33. The predicted octanol–water partition coefficient (Wildman–Crippen LogP) is 1.12. The van der Waals surface area contributed by atoms with Gasteiger partial charge in [-0.15, -0.1) is 0 Å². The van der Waals surface area contributed by atoms with Crippen LogP contribution in [-0.4, -0.2) is 61.7 Å². The van der Waals surface area contributed by atoms with Gasteiger partial charge >= 0.3 is 0 Å². The fourth-order valence-corrected chi connectivity index (χ4v) is 3.94. The van der Waals surface area contributed by atoms with Crippen LogP contribution in [-0.2, 0) is 9.84 Å². The van der Waals surface area contributed by atoms with E-state index in [2.05, 4.69) is 31.0 Å². The molecule has 1 aromatic carbocycles. The highest BCUT2D eigenvalue weighted by Gasteiger charge is 2.22. The van der Waals surface area contributed by atoms with E-state index >= 15 is 0 Å². The lowest BCUT2D eigenvalue weighted by molar-refractivity contribution is 0.288. The molecule has 1 aromatic heterocycles. The Morgan fingerprint density at radius 2 is 1.88 bits per heavy atom. The average molecular weight is 362 g/mol. The van der Waals surface area contributed by atoms with Crippen LogP contribution >= 0.6 is 11.5 Å². The van der Waals surface area contributed by atoms with Gasteiger partial charge in [-0.2, -0.15) is 9.36 Å². The van der Waals surface area contributed by atoms with Crippen molar-refractivity contribution in [2.75, 3.05) is 43.9 Å². The summed E-state index contributed by atoms with van der Waals surface area (Å²) in [7, 11) is -3.34. The van der Waals surface area contributed by atoms with Crippen LogP contribution in [0.5, 0.6) is 0 Å². The van der Waals surface area contributed by atoms with Crippen molar-refractivity contribution in [1.82, 2.24) is 14.3 Å². The zero-order chi connectivity index (χ0) is 17.0. The summed E-state index contributed by atoms with van der Waals surface area (Å²) >= 11 is 1.14. The summed E-state index contributed by atoms with van der Waals surface area (Å²) < 4.78 is 26.8. The van der Waals surface area contributed by atoms with Gasteiger partial charge in [0.05, 0.1) is 6.54 Å². The molecule has 24 heavy (non-hydrogen) atoms. The third-order valence-electron chi connectivity index (χ3n) is 3.68. The first-order chi connectivity index (χ1) is 11.5. The fourth-order valence-electron chi connectivity index (χ4n) is 2.35. The molecule has 0 atom stereocenters. The minimum absolute atomic E-state index is 0.0846. The lowest BCUT2D eigenvalue weighted by atomic mass is 10.2. The van der Waals surface area contributed by atoms with Gasteiger partial charge in [0.1, 0.15) is 0 Å². The van der Waals surface area contributed by atoms with Gasteiger partial charge in [0.25, 0.3) is 5.16 Å². The van der Waals surface area contributed by atoms with Crippen LogP contribution in [0.3, 0.4) is 0 Å². The van der Waals surface area contributed by atoms with Gasteiger partial charge in [-0.25, -0.2) is 8.42 Å². The van der Waals surface area contributed by atoms with E-state index in [0.29, 0.717) is 5.13 Å². The SMILES string of the molecule is CS(=O)(=O)c1nsc(N2CCN(CC#Cc3ccccc3)CC2)n1. The van der Waals surface area contributed by atoms with Crippen molar-refractivity contribution >= 4 is 26.5 Å². The molecule has 1 fully saturated rings. The van der Waals surface area contributed by atoms with Crippen LogP contribution in [0.4, 0.5) is 5.13 Å². The molecule has 0 amide bonds. The van der Waals surface area contributed by atoms with E-state index in [0.717, 1.165) is 56.1 Å². The highest BCUT2D eigenvalue weighted by molar-refractivity contribution is 7.90. The Bertz CT molecular complexity index is 845. The summed E-state index contributed by atoms with van der Waals surface area (Å²) in [4.78, 5) is 8.49. The second kappa shape index (κ2) is 7.30. The molecule has 126 valence electrons. The first-order valence-corrected chi connectivity index (χ1v) is 10.2. The molecule has 2 aromatic rings. The normalized spacial score (nSPS) is 15.8. The van der Waals surface area contributed by atoms with Gasteiger partial charge in [-0.05, 0) is 12.1 Å². The van der Waals surface area contributed by atoms with Crippen molar-refractivity contribution in [2.24, 2.45) is 0 Å². The highest BCUT2D eigenvalue weighted by atomic mass is 32.2. The summed E-state index contributed by atoms with van der Waals surface area (Å²) in [5, 5.41) is 0.587. The molecule has 0 radical (unpaired) electrons. The quantitative estimate of drug-likeness (QED) is 0.762. The van der Waals surface area contributed by atoms with E-state index in [1.54, 1.807) is 0 Å². The number of aromatic nitrogens is 2. The molecule has 0 unspecified atom stereocenters. The van der Waals surface area contributed by atoms with Crippen molar-refractivity contribution in [1.29, 1.82) is 0 Å². The molecular weight excluding hydrogens is 344 g/mol. The smallest absolute Gasteiger partial charge is 0.260 e. The van der Waals surface area contributed by atoms with Crippen LogP contribution in [0.15, 0.2) is 35.5 Å². The molecule has 0 bridgehead atoms. The maximum absolute atomic E-state index is 11.5. The van der Waals surface area contributed by atoms with E-state index in [-0.39, 0.29) is 5.16 Å². The lowest BCUT2D eigenvalue weighted by Crippen LogP contribution is -2.46. The van der Waals surface area contributed by atoms with Crippen LogP contribution in [0.2, 0.25) is 0 Å². The standard InChI is InChI=1S/C16H18N4O2S2/c1-24(21,22)15-17-16(23-18-15)20-12-10-19(11-13-20)9-5-8-14-6-3-2-4-7-14/h2-4,6-7H,9-13H2,1H3. The minimum Gasteiger partial charge on any atom is -0.344 e. The zero-order valence-electron chi connectivity index (χ0n) is 13.3. The molecule has 3 rings (SSSR count). The summed E-state index contributed by atoms with van der Waals surface area (Å²) in [6.45, 7) is 4.07. The van der Waals surface area contributed by atoms with Gasteiger partial charge in [0.2, 0.25) is 15.0 Å². The number of rotatable bonds is 3.